The van der Waals surface area contributed by atoms with Gasteiger partial charge in [-0.3, -0.25) is 4.79 Å². The second-order valence-electron chi connectivity index (χ2n) is 4.00. The van der Waals surface area contributed by atoms with Crippen LogP contribution in [0, 0.1) is 11.6 Å². The second-order valence-corrected chi connectivity index (χ2v) is 4.00. The van der Waals surface area contributed by atoms with Crippen LogP contribution in [0.25, 0.3) is 0 Å². The molecule has 2 aromatic rings. The quantitative estimate of drug-likeness (QED) is 0.903. The molecule has 2 N–H and O–H groups in total. The second kappa shape index (κ2) is 5.10. The molecule has 5 heteroatoms. The number of hydrogen-bond acceptors (Lipinski definition) is 2. The Hall–Kier alpha value is -2.01. The third-order valence-electron chi connectivity index (χ3n) is 2.63. The lowest BCUT2D eigenvalue weighted by atomic mass is 10.1. The van der Waals surface area contributed by atoms with E-state index in [0.717, 1.165) is 6.07 Å². The lowest BCUT2D eigenvalue weighted by Crippen LogP contribution is -2.19. The Bertz CT molecular complexity index is 590. The number of nitrogens with two attached hydrogens (primary N) is 1. The van der Waals surface area contributed by atoms with Crippen molar-refractivity contribution in [2.24, 2.45) is 5.73 Å². The Kier molecular flexibility index (Phi) is 3.53. The largest absolute Gasteiger partial charge is 0.352 e. The van der Waals surface area contributed by atoms with Crippen LogP contribution in [0.1, 0.15) is 11.6 Å². The predicted molar refractivity (Wildman–Crippen MR) is 64.0 cm³/mol. The van der Waals surface area contributed by atoms with E-state index in [1.807, 2.05) is 0 Å². The van der Waals surface area contributed by atoms with Crippen molar-refractivity contribution in [3.63, 3.8) is 0 Å². The molecule has 94 valence electrons. The van der Waals surface area contributed by atoms with Crippen molar-refractivity contribution in [2.45, 2.75) is 12.6 Å². The molecule has 1 aromatic heterocycles. The molecule has 0 saturated carbocycles. The molecule has 18 heavy (non-hydrogen) atoms. The topological polar surface area (TPSA) is 48.0 Å². The summed E-state index contributed by atoms with van der Waals surface area (Å²) in [5.41, 5.74) is 6.00. The number of pyridine rings is 1. The molecular formula is C13H12F2N2O. The number of hydrogen-bond donors (Lipinski definition) is 1. The van der Waals surface area contributed by atoms with Gasteiger partial charge in [-0.1, -0.05) is 6.07 Å². The van der Waals surface area contributed by atoms with Gasteiger partial charge in [0, 0.05) is 42.7 Å². The summed E-state index contributed by atoms with van der Waals surface area (Å²) in [5, 5.41) is 0. The maximum Gasteiger partial charge on any atom is 0.181 e. The molecule has 1 aromatic carbocycles. The van der Waals surface area contributed by atoms with E-state index in [0.29, 0.717) is 6.54 Å². The number of halogens is 2. The number of nitrogens with zero attached hydrogens (tertiary/aromatic N) is 1. The molecule has 1 unspecified atom stereocenters. The van der Waals surface area contributed by atoms with Crippen LogP contribution in [-0.2, 0) is 6.54 Å². The monoisotopic (exact) mass is 250 g/mol. The van der Waals surface area contributed by atoms with Crippen molar-refractivity contribution in [1.29, 1.82) is 0 Å². The van der Waals surface area contributed by atoms with E-state index in [9.17, 15) is 13.6 Å². The van der Waals surface area contributed by atoms with E-state index in [1.165, 1.54) is 24.3 Å². The summed E-state index contributed by atoms with van der Waals surface area (Å²) >= 11 is 0. The van der Waals surface area contributed by atoms with E-state index < -0.39 is 17.7 Å². The molecule has 2 rings (SSSR count). The summed E-state index contributed by atoms with van der Waals surface area (Å²) in [6.45, 7) is 0.308. The molecule has 3 nitrogen and oxygen atoms in total. The maximum absolute atomic E-state index is 13.5. The Morgan fingerprint density at radius 2 is 1.83 bits per heavy atom. The van der Waals surface area contributed by atoms with Gasteiger partial charge in [0.05, 0.1) is 6.04 Å². The van der Waals surface area contributed by atoms with Crippen molar-refractivity contribution in [2.75, 3.05) is 0 Å². The first-order valence-corrected chi connectivity index (χ1v) is 5.43. The van der Waals surface area contributed by atoms with Crippen LogP contribution < -0.4 is 11.2 Å². The Morgan fingerprint density at radius 1 is 1.17 bits per heavy atom. The fourth-order valence-electron chi connectivity index (χ4n) is 1.69. The molecule has 0 aliphatic heterocycles. The number of rotatable bonds is 3. The zero-order chi connectivity index (χ0) is 13.1. The lowest BCUT2D eigenvalue weighted by Gasteiger charge is -2.15. The van der Waals surface area contributed by atoms with Crippen LogP contribution >= 0.6 is 0 Å². The van der Waals surface area contributed by atoms with E-state index >= 15 is 0 Å². The molecule has 0 amide bonds. The summed E-state index contributed by atoms with van der Waals surface area (Å²) in [4.78, 5) is 10.9. The van der Waals surface area contributed by atoms with Crippen molar-refractivity contribution < 1.29 is 8.78 Å². The summed E-state index contributed by atoms with van der Waals surface area (Å²) < 4.78 is 27.9. The third kappa shape index (κ3) is 2.81. The molecule has 0 aliphatic rings. The molecule has 1 atom stereocenters. The third-order valence-corrected chi connectivity index (χ3v) is 2.63. The Balaban J connectivity index is 2.18. The minimum Gasteiger partial charge on any atom is -0.352 e. The fourth-order valence-corrected chi connectivity index (χ4v) is 1.69. The van der Waals surface area contributed by atoms with E-state index in [1.54, 1.807) is 17.0 Å². The average molecular weight is 250 g/mol. The highest BCUT2D eigenvalue weighted by atomic mass is 19.1. The van der Waals surface area contributed by atoms with Crippen LogP contribution in [-0.4, -0.2) is 4.57 Å². The zero-order valence-electron chi connectivity index (χ0n) is 9.51. The van der Waals surface area contributed by atoms with E-state index in [2.05, 4.69) is 0 Å². The summed E-state index contributed by atoms with van der Waals surface area (Å²) in [6, 6.07) is 5.50. The number of benzene rings is 1. The highest BCUT2D eigenvalue weighted by Gasteiger charge is 2.12. The summed E-state index contributed by atoms with van der Waals surface area (Å²) in [6.07, 6.45) is 3.15. The van der Waals surface area contributed by atoms with Gasteiger partial charge in [0.2, 0.25) is 0 Å². The first-order valence-electron chi connectivity index (χ1n) is 5.43. The first-order chi connectivity index (χ1) is 8.56. The van der Waals surface area contributed by atoms with Crippen LogP contribution in [0.2, 0.25) is 0 Å². The van der Waals surface area contributed by atoms with Crippen LogP contribution in [0.5, 0.6) is 0 Å². The molecule has 0 bridgehead atoms. The van der Waals surface area contributed by atoms with Gasteiger partial charge in [0.15, 0.2) is 5.43 Å². The standard InChI is InChI=1S/C13H12F2N2O/c14-9-1-2-11(12(15)7-9)13(16)8-17-5-3-10(18)4-6-17/h1-7,13H,8,16H2. The van der Waals surface area contributed by atoms with E-state index in [-0.39, 0.29) is 11.0 Å². The van der Waals surface area contributed by atoms with Gasteiger partial charge in [-0.25, -0.2) is 8.78 Å². The van der Waals surface area contributed by atoms with E-state index in [4.69, 9.17) is 5.73 Å². The summed E-state index contributed by atoms with van der Waals surface area (Å²) in [5.74, 6) is -1.30. The Morgan fingerprint density at radius 3 is 2.44 bits per heavy atom. The molecule has 0 saturated heterocycles. The average Bonchev–Trinajstić information content (AvgIpc) is 2.32. The highest BCUT2D eigenvalue weighted by Crippen LogP contribution is 2.17. The molecule has 0 aliphatic carbocycles. The molecule has 0 spiro atoms. The molecule has 0 radical (unpaired) electrons. The fraction of sp³-hybridized carbons (Fsp3) is 0.154. The minimum absolute atomic E-state index is 0.104. The Labute approximate surface area is 102 Å². The van der Waals surface area contributed by atoms with Gasteiger partial charge < -0.3 is 10.3 Å². The normalized spacial score (nSPS) is 12.4. The van der Waals surface area contributed by atoms with Crippen LogP contribution in [0.4, 0.5) is 8.78 Å². The van der Waals surface area contributed by atoms with Gasteiger partial charge in [-0.15, -0.1) is 0 Å². The van der Waals surface area contributed by atoms with Gasteiger partial charge >= 0.3 is 0 Å². The number of aromatic nitrogens is 1. The zero-order valence-corrected chi connectivity index (χ0v) is 9.51. The lowest BCUT2D eigenvalue weighted by molar-refractivity contribution is 0.520. The van der Waals surface area contributed by atoms with Crippen molar-refractivity contribution in [3.05, 3.63) is 70.1 Å². The van der Waals surface area contributed by atoms with Gasteiger partial charge in [-0.2, -0.15) is 0 Å². The van der Waals surface area contributed by atoms with Crippen LogP contribution in [0.15, 0.2) is 47.5 Å². The first kappa shape index (κ1) is 12.4. The van der Waals surface area contributed by atoms with Crippen LogP contribution in [0.3, 0.4) is 0 Å². The molecule has 1 heterocycles. The smallest absolute Gasteiger partial charge is 0.181 e. The van der Waals surface area contributed by atoms with Gasteiger partial charge in [0.1, 0.15) is 11.6 Å². The van der Waals surface area contributed by atoms with Gasteiger partial charge in [-0.05, 0) is 6.07 Å². The molecule has 0 fully saturated rings. The SMILES string of the molecule is NC(Cn1ccc(=O)cc1)c1ccc(F)cc1F. The van der Waals surface area contributed by atoms with Gasteiger partial charge in [0.25, 0.3) is 0 Å². The summed E-state index contributed by atoms with van der Waals surface area (Å²) in [7, 11) is 0. The van der Waals surface area contributed by atoms with Crippen molar-refractivity contribution in [3.8, 4) is 0 Å². The highest BCUT2D eigenvalue weighted by molar-refractivity contribution is 5.21. The minimum atomic E-state index is -0.663. The predicted octanol–water partition coefficient (Wildman–Crippen LogP) is 1.83. The van der Waals surface area contributed by atoms with Crippen molar-refractivity contribution >= 4 is 0 Å². The maximum atomic E-state index is 13.5. The molecular weight excluding hydrogens is 238 g/mol. The van der Waals surface area contributed by atoms with Crippen molar-refractivity contribution in [1.82, 2.24) is 4.57 Å².